The predicted octanol–water partition coefficient (Wildman–Crippen LogP) is 0.207. The highest BCUT2D eigenvalue weighted by Gasteiger charge is 2.36. The maximum absolute atomic E-state index is 12.8. The van der Waals surface area contributed by atoms with E-state index < -0.39 is 35.8 Å². The number of ether oxygens (including phenoxy) is 1. The molecule has 2 amide bonds. The molecule has 1 unspecified atom stereocenters. The molecule has 1 aliphatic heterocycles. The lowest BCUT2D eigenvalue weighted by atomic mass is 10.0. The lowest BCUT2D eigenvalue weighted by Crippen LogP contribution is -2.56. The van der Waals surface area contributed by atoms with Crippen LogP contribution in [0, 0.1) is 0 Å². The van der Waals surface area contributed by atoms with Crippen molar-refractivity contribution in [3.63, 3.8) is 0 Å². The highest BCUT2D eigenvalue weighted by atomic mass is 16.5. The molecule has 3 atom stereocenters. The molecule has 2 aromatic carbocycles. The molecule has 0 radical (unpaired) electrons. The van der Waals surface area contributed by atoms with E-state index in [2.05, 4.69) is 25.9 Å². The van der Waals surface area contributed by atoms with E-state index in [0.717, 1.165) is 0 Å². The van der Waals surface area contributed by atoms with Crippen molar-refractivity contribution >= 4 is 17.6 Å². The van der Waals surface area contributed by atoms with Gasteiger partial charge >= 0.3 is 0 Å². The van der Waals surface area contributed by atoms with E-state index in [-0.39, 0.29) is 17.0 Å². The molecule has 1 aromatic heterocycles. The normalized spacial score (nSPS) is 19.1. The van der Waals surface area contributed by atoms with Crippen molar-refractivity contribution in [3.05, 3.63) is 83.4 Å². The smallest absolute Gasteiger partial charge is 0.270 e. The van der Waals surface area contributed by atoms with Crippen LogP contribution in [-0.4, -0.2) is 64.6 Å². The summed E-state index contributed by atoms with van der Waals surface area (Å²) >= 11 is 0. The first-order chi connectivity index (χ1) is 16.9. The highest BCUT2D eigenvalue weighted by molar-refractivity contribution is 6.11. The number of amides is 2. The number of rotatable bonds is 7. The van der Waals surface area contributed by atoms with Gasteiger partial charge in [-0.25, -0.2) is 9.97 Å². The van der Waals surface area contributed by atoms with Crippen molar-refractivity contribution in [2.24, 2.45) is 5.73 Å². The second kappa shape index (κ2) is 10.3. The van der Waals surface area contributed by atoms with Crippen LogP contribution in [0.15, 0.2) is 61.1 Å². The summed E-state index contributed by atoms with van der Waals surface area (Å²) in [5, 5.41) is 18.8. The number of phenolic OH excluding ortho intramolecular Hbond substituents is 1. The summed E-state index contributed by atoms with van der Waals surface area (Å²) in [6, 6.07) is 10.9. The van der Waals surface area contributed by atoms with Crippen molar-refractivity contribution < 1.29 is 24.2 Å². The van der Waals surface area contributed by atoms with Crippen LogP contribution in [0.3, 0.4) is 0 Å². The second-order valence-corrected chi connectivity index (χ2v) is 7.90. The number of hydrogen-bond donors (Lipinski definition) is 5. The minimum absolute atomic E-state index is 0.122. The van der Waals surface area contributed by atoms with Gasteiger partial charge in [-0.2, -0.15) is 0 Å². The average molecular weight is 476 g/mol. The standard InChI is InChI=1S/C24H24N6O5/c1-35-15-6-7-16(19(31)10-15)21(32)13-2-4-14(5-3-13)23(33)29-18-11-27-22(25)20(18)30-24(34)17-8-9-26-12-28-17/h2-10,12,18,20,22,27,31H,11,25H2,1H3,(H,29,33)(H,30,34)/t18-,20-,22?/m1/s1. The summed E-state index contributed by atoms with van der Waals surface area (Å²) in [6.45, 7) is 0.356. The Morgan fingerprint density at radius 2 is 1.80 bits per heavy atom. The van der Waals surface area contributed by atoms with Crippen LogP contribution >= 0.6 is 0 Å². The number of carbonyl (C=O) groups is 3. The van der Waals surface area contributed by atoms with Gasteiger partial charge in [0.25, 0.3) is 11.8 Å². The number of nitrogens with two attached hydrogens (primary N) is 1. The summed E-state index contributed by atoms with van der Waals surface area (Å²) in [7, 11) is 1.46. The Hall–Kier alpha value is -4.35. The quantitative estimate of drug-likeness (QED) is 0.299. The first kappa shape index (κ1) is 23.8. The van der Waals surface area contributed by atoms with Crippen LogP contribution in [-0.2, 0) is 0 Å². The third-order valence-corrected chi connectivity index (χ3v) is 5.68. The molecule has 3 aromatic rings. The van der Waals surface area contributed by atoms with Crippen molar-refractivity contribution in [3.8, 4) is 11.5 Å². The van der Waals surface area contributed by atoms with Crippen molar-refractivity contribution in [2.45, 2.75) is 18.2 Å². The number of nitrogens with zero attached hydrogens (tertiary/aromatic N) is 2. The number of methoxy groups -OCH3 is 1. The van der Waals surface area contributed by atoms with Crippen LogP contribution in [0.1, 0.15) is 36.8 Å². The van der Waals surface area contributed by atoms with Gasteiger partial charge in [-0.05, 0) is 30.3 Å². The Labute approximate surface area is 200 Å². The molecule has 180 valence electrons. The number of phenols is 1. The van der Waals surface area contributed by atoms with Crippen LogP contribution in [0.5, 0.6) is 11.5 Å². The molecule has 11 nitrogen and oxygen atoms in total. The number of carbonyl (C=O) groups excluding carboxylic acids is 3. The molecular weight excluding hydrogens is 452 g/mol. The lowest BCUT2D eigenvalue weighted by Gasteiger charge is -2.23. The van der Waals surface area contributed by atoms with Crippen LogP contribution in [0.2, 0.25) is 0 Å². The van der Waals surface area contributed by atoms with Crippen LogP contribution < -0.4 is 26.4 Å². The Bertz CT molecular complexity index is 1230. The molecule has 11 heteroatoms. The number of hydrogen-bond acceptors (Lipinski definition) is 9. The second-order valence-electron chi connectivity index (χ2n) is 7.90. The lowest BCUT2D eigenvalue weighted by molar-refractivity contribution is 0.0888. The van der Waals surface area contributed by atoms with E-state index in [9.17, 15) is 19.5 Å². The maximum Gasteiger partial charge on any atom is 0.270 e. The molecule has 1 aliphatic rings. The summed E-state index contributed by atoms with van der Waals surface area (Å²) < 4.78 is 5.03. The molecule has 35 heavy (non-hydrogen) atoms. The van der Waals surface area contributed by atoms with E-state index in [1.807, 2.05) is 0 Å². The fourth-order valence-corrected chi connectivity index (χ4v) is 3.76. The molecule has 6 N–H and O–H groups in total. The SMILES string of the molecule is COc1ccc(C(=O)c2ccc(C(=O)N[C@@H]3CNC(N)[C@@H]3NC(=O)c3ccncn3)cc2)c(O)c1. The number of benzene rings is 2. The number of aromatic hydroxyl groups is 1. The van der Waals surface area contributed by atoms with Crippen LogP contribution in [0.25, 0.3) is 0 Å². The molecule has 0 saturated carbocycles. The minimum atomic E-state index is -0.569. The van der Waals surface area contributed by atoms with Gasteiger partial charge in [-0.3, -0.25) is 19.7 Å². The van der Waals surface area contributed by atoms with Crippen molar-refractivity contribution in [1.82, 2.24) is 25.9 Å². The fraction of sp³-hybridized carbons (Fsp3) is 0.208. The largest absolute Gasteiger partial charge is 0.507 e. The molecule has 2 heterocycles. The Morgan fingerprint density at radius 1 is 1.06 bits per heavy atom. The van der Waals surface area contributed by atoms with Gasteiger partial charge in [0.05, 0.1) is 30.9 Å². The van der Waals surface area contributed by atoms with Gasteiger partial charge in [0.15, 0.2) is 5.78 Å². The average Bonchev–Trinajstić information content (AvgIpc) is 3.22. The highest BCUT2D eigenvalue weighted by Crippen LogP contribution is 2.25. The van der Waals surface area contributed by atoms with Crippen LogP contribution in [0.4, 0.5) is 0 Å². The van der Waals surface area contributed by atoms with E-state index in [1.54, 1.807) is 6.07 Å². The molecular formula is C24H24N6O5. The predicted molar refractivity (Wildman–Crippen MR) is 125 cm³/mol. The first-order valence-corrected chi connectivity index (χ1v) is 10.8. The Balaban J connectivity index is 1.42. The van der Waals surface area contributed by atoms with Crippen molar-refractivity contribution in [2.75, 3.05) is 13.7 Å². The molecule has 1 saturated heterocycles. The molecule has 1 fully saturated rings. The first-order valence-electron chi connectivity index (χ1n) is 10.8. The number of nitrogens with one attached hydrogen (secondary N) is 3. The van der Waals surface area contributed by atoms with Gasteiger partial charge in [-0.1, -0.05) is 12.1 Å². The van der Waals surface area contributed by atoms with Gasteiger partial charge in [0.1, 0.15) is 23.5 Å². The third-order valence-electron chi connectivity index (χ3n) is 5.68. The summed E-state index contributed by atoms with van der Waals surface area (Å²) in [5.74, 6) is -0.982. The zero-order valence-corrected chi connectivity index (χ0v) is 18.8. The molecule has 0 spiro atoms. The summed E-state index contributed by atoms with van der Waals surface area (Å²) in [4.78, 5) is 45.8. The Kier molecular flexibility index (Phi) is 6.99. The van der Waals surface area contributed by atoms with Gasteiger partial charge in [0.2, 0.25) is 0 Å². The van der Waals surface area contributed by atoms with E-state index in [1.165, 1.54) is 62.1 Å². The maximum atomic E-state index is 12.8. The summed E-state index contributed by atoms with van der Waals surface area (Å²) in [5.41, 5.74) is 7.01. The molecule has 0 bridgehead atoms. The van der Waals surface area contributed by atoms with Gasteiger partial charge in [0, 0.05) is 29.9 Å². The molecule has 4 rings (SSSR count). The van der Waals surface area contributed by atoms with E-state index >= 15 is 0 Å². The third kappa shape index (κ3) is 5.26. The topological polar surface area (TPSA) is 169 Å². The fourth-order valence-electron chi connectivity index (χ4n) is 3.76. The van der Waals surface area contributed by atoms with E-state index in [0.29, 0.717) is 23.4 Å². The number of ketones is 1. The monoisotopic (exact) mass is 476 g/mol. The minimum Gasteiger partial charge on any atom is -0.507 e. The number of aromatic nitrogens is 2. The Morgan fingerprint density at radius 3 is 2.46 bits per heavy atom. The van der Waals surface area contributed by atoms with Gasteiger partial charge in [-0.15, -0.1) is 0 Å². The summed E-state index contributed by atoms with van der Waals surface area (Å²) in [6.07, 6.45) is 2.16. The van der Waals surface area contributed by atoms with E-state index in [4.69, 9.17) is 10.5 Å². The zero-order valence-electron chi connectivity index (χ0n) is 18.8. The van der Waals surface area contributed by atoms with Gasteiger partial charge < -0.3 is 26.2 Å². The molecule has 0 aliphatic carbocycles. The van der Waals surface area contributed by atoms with Crippen molar-refractivity contribution in [1.29, 1.82) is 0 Å². The zero-order chi connectivity index (χ0) is 24.9.